The van der Waals surface area contributed by atoms with Crippen molar-refractivity contribution in [1.82, 2.24) is 10.6 Å². The van der Waals surface area contributed by atoms with Crippen molar-refractivity contribution in [2.75, 3.05) is 6.61 Å². The molecule has 0 amide bonds. The monoisotopic (exact) mass is 278 g/mol. The molecule has 3 N–H and O–H groups in total. The lowest BCUT2D eigenvalue weighted by molar-refractivity contribution is -0.378. The van der Waals surface area contributed by atoms with Gasteiger partial charge in [-0.3, -0.25) is 0 Å². The summed E-state index contributed by atoms with van der Waals surface area (Å²) in [6.45, 7) is 3.94. The molecule has 2 rings (SSSR count). The smallest absolute Gasteiger partial charge is 0.338 e. The Morgan fingerprint density at radius 2 is 2.37 bits per heavy atom. The van der Waals surface area contributed by atoms with Gasteiger partial charge in [0.15, 0.2) is 17.5 Å². The van der Waals surface area contributed by atoms with Gasteiger partial charge < -0.3 is 15.4 Å². The molecule has 0 aliphatic carbocycles. The molecule has 2 heterocycles. The summed E-state index contributed by atoms with van der Waals surface area (Å²) in [7, 11) is 0. The molecule has 0 saturated heterocycles. The molecule has 6 heteroatoms. The number of hydrogen-bond acceptors (Lipinski definition) is 3. The molecule has 1 aromatic rings. The number of nitrogens with one attached hydrogen (secondary N) is 3. The largest absolute Gasteiger partial charge is 0.463 e. The van der Waals surface area contributed by atoms with Crippen molar-refractivity contribution in [2.24, 2.45) is 0 Å². The number of esters is 1. The first-order valence-corrected chi connectivity index (χ1v) is 6.45. The maximum Gasteiger partial charge on any atom is 0.338 e. The van der Waals surface area contributed by atoms with Crippen LogP contribution < -0.4 is 15.6 Å². The number of H-pyrrole nitrogens is 1. The highest BCUT2D eigenvalue weighted by atomic mass is 32.1. The quantitative estimate of drug-likeness (QED) is 0.634. The summed E-state index contributed by atoms with van der Waals surface area (Å²) in [5.74, 6) is -0.337. The van der Waals surface area contributed by atoms with E-state index >= 15 is 0 Å². The fraction of sp³-hybridized carbons (Fsp3) is 0.308. The number of carbonyl (C=O) groups excluding carboxylic acids is 1. The van der Waals surface area contributed by atoms with Crippen LogP contribution in [0.2, 0.25) is 0 Å². The molecule has 0 fully saturated rings. The predicted molar refractivity (Wildman–Crippen MR) is 73.9 cm³/mol. The van der Waals surface area contributed by atoms with Gasteiger partial charge in [0.25, 0.3) is 0 Å². The summed E-state index contributed by atoms with van der Waals surface area (Å²) in [5.41, 5.74) is 2.19. The molecule has 0 radical (unpaired) electrons. The third kappa shape index (κ3) is 2.90. The normalized spacial score (nSPS) is 18.6. The Balaban J connectivity index is 2.41. The molecular formula is C13H16N3O2S+. The topological polar surface area (TPSA) is 64.5 Å². The van der Waals surface area contributed by atoms with Crippen LogP contribution in [-0.4, -0.2) is 17.7 Å². The van der Waals surface area contributed by atoms with Crippen LogP contribution in [0.1, 0.15) is 25.5 Å². The zero-order chi connectivity index (χ0) is 13.8. The van der Waals surface area contributed by atoms with Gasteiger partial charge in [0.2, 0.25) is 0 Å². The molecule has 5 nitrogen and oxygen atoms in total. The molecule has 1 aliphatic rings. The van der Waals surface area contributed by atoms with Crippen molar-refractivity contribution in [3.63, 3.8) is 0 Å². The minimum Gasteiger partial charge on any atom is -0.463 e. The predicted octanol–water partition coefficient (Wildman–Crippen LogP) is 0.857. The van der Waals surface area contributed by atoms with E-state index in [1.165, 1.54) is 0 Å². The number of pyridine rings is 1. The van der Waals surface area contributed by atoms with Crippen molar-refractivity contribution in [3.8, 4) is 0 Å². The number of carbonyl (C=O) groups is 1. The van der Waals surface area contributed by atoms with Crippen LogP contribution in [0.15, 0.2) is 35.8 Å². The zero-order valence-corrected chi connectivity index (χ0v) is 11.6. The minimum absolute atomic E-state index is 0.301. The van der Waals surface area contributed by atoms with Crippen LogP contribution in [0, 0.1) is 0 Å². The van der Waals surface area contributed by atoms with E-state index in [9.17, 15) is 4.79 Å². The molecule has 0 saturated carbocycles. The summed E-state index contributed by atoms with van der Waals surface area (Å²) in [5, 5.41) is 6.55. The second-order valence-corrected chi connectivity index (χ2v) is 4.54. The first kappa shape index (κ1) is 13.5. The van der Waals surface area contributed by atoms with E-state index in [0.29, 0.717) is 17.3 Å². The van der Waals surface area contributed by atoms with Gasteiger partial charge in [-0.05, 0) is 32.1 Å². The SMILES string of the molecule is CCOC(=O)C1=C(C)NC(=S)NC1c1ccc[nH+]c1. The number of aromatic nitrogens is 1. The Hall–Kier alpha value is -1.95. The van der Waals surface area contributed by atoms with Gasteiger partial charge in [0, 0.05) is 17.3 Å². The van der Waals surface area contributed by atoms with Crippen molar-refractivity contribution in [1.29, 1.82) is 0 Å². The fourth-order valence-corrected chi connectivity index (χ4v) is 2.28. The number of ether oxygens (including phenoxy) is 1. The van der Waals surface area contributed by atoms with Crippen LogP contribution in [-0.2, 0) is 9.53 Å². The van der Waals surface area contributed by atoms with E-state index in [-0.39, 0.29) is 12.0 Å². The zero-order valence-electron chi connectivity index (χ0n) is 10.8. The molecule has 1 atom stereocenters. The summed E-state index contributed by atoms with van der Waals surface area (Å²) < 4.78 is 5.11. The second-order valence-electron chi connectivity index (χ2n) is 4.13. The van der Waals surface area contributed by atoms with Gasteiger partial charge in [-0.2, -0.15) is 0 Å². The molecule has 1 aliphatic heterocycles. The van der Waals surface area contributed by atoms with Gasteiger partial charge >= 0.3 is 5.97 Å². The molecular weight excluding hydrogens is 262 g/mol. The number of allylic oxidation sites excluding steroid dienone is 1. The highest BCUT2D eigenvalue weighted by Gasteiger charge is 2.31. The van der Waals surface area contributed by atoms with Crippen molar-refractivity contribution in [2.45, 2.75) is 19.9 Å². The third-order valence-electron chi connectivity index (χ3n) is 2.83. The van der Waals surface area contributed by atoms with E-state index < -0.39 is 0 Å². The lowest BCUT2D eigenvalue weighted by Crippen LogP contribution is -2.45. The highest BCUT2D eigenvalue weighted by Crippen LogP contribution is 2.26. The van der Waals surface area contributed by atoms with Crippen molar-refractivity contribution < 1.29 is 14.5 Å². The number of aromatic amines is 1. The Kier molecular flexibility index (Phi) is 4.11. The number of thiocarbonyl (C=S) groups is 1. The second kappa shape index (κ2) is 5.79. The molecule has 1 aromatic heterocycles. The van der Waals surface area contributed by atoms with E-state index in [0.717, 1.165) is 11.3 Å². The van der Waals surface area contributed by atoms with Gasteiger partial charge in [0.1, 0.15) is 0 Å². The van der Waals surface area contributed by atoms with Gasteiger partial charge in [-0.15, -0.1) is 0 Å². The summed E-state index contributed by atoms with van der Waals surface area (Å²) in [6.07, 6.45) is 3.64. The lowest BCUT2D eigenvalue weighted by atomic mass is 9.97. The molecule has 19 heavy (non-hydrogen) atoms. The van der Waals surface area contributed by atoms with E-state index in [2.05, 4.69) is 15.6 Å². The Morgan fingerprint density at radius 3 is 3.00 bits per heavy atom. The summed E-state index contributed by atoms with van der Waals surface area (Å²) in [6, 6.07) is 3.50. The van der Waals surface area contributed by atoms with Gasteiger partial charge in [-0.25, -0.2) is 9.78 Å². The first-order valence-electron chi connectivity index (χ1n) is 6.05. The Morgan fingerprint density at radius 1 is 1.58 bits per heavy atom. The lowest BCUT2D eigenvalue weighted by Gasteiger charge is -2.28. The molecule has 0 spiro atoms. The highest BCUT2D eigenvalue weighted by molar-refractivity contribution is 7.80. The maximum absolute atomic E-state index is 12.1. The average molecular weight is 278 g/mol. The molecule has 100 valence electrons. The Bertz CT molecular complexity index is 528. The number of hydrogen-bond donors (Lipinski definition) is 2. The average Bonchev–Trinajstić information content (AvgIpc) is 2.39. The van der Waals surface area contributed by atoms with Crippen molar-refractivity contribution >= 4 is 23.3 Å². The van der Waals surface area contributed by atoms with Crippen LogP contribution in [0.5, 0.6) is 0 Å². The molecule has 0 bridgehead atoms. The van der Waals surface area contributed by atoms with Crippen LogP contribution in [0.4, 0.5) is 0 Å². The van der Waals surface area contributed by atoms with Crippen LogP contribution in [0.25, 0.3) is 0 Å². The summed E-state index contributed by atoms with van der Waals surface area (Å²) >= 11 is 5.15. The number of rotatable bonds is 3. The van der Waals surface area contributed by atoms with Crippen LogP contribution >= 0.6 is 12.2 Å². The Labute approximate surface area is 117 Å². The maximum atomic E-state index is 12.1. The first-order chi connectivity index (χ1) is 9.13. The standard InChI is InChI=1S/C13H15N3O2S/c1-3-18-12(17)10-8(2)15-13(19)16-11(10)9-5-4-6-14-7-9/h4-7,11H,3H2,1-2H3,(H2,15,16,19)/p+1. The van der Waals surface area contributed by atoms with E-state index in [4.69, 9.17) is 17.0 Å². The van der Waals surface area contributed by atoms with Crippen LogP contribution in [0.3, 0.4) is 0 Å². The van der Waals surface area contributed by atoms with E-state index in [1.807, 2.05) is 31.5 Å². The van der Waals surface area contributed by atoms with Gasteiger partial charge in [-0.1, -0.05) is 0 Å². The molecule has 1 unspecified atom stereocenters. The van der Waals surface area contributed by atoms with Crippen molar-refractivity contribution in [3.05, 3.63) is 41.4 Å². The minimum atomic E-state index is -0.337. The molecule has 0 aromatic carbocycles. The van der Waals surface area contributed by atoms with Gasteiger partial charge in [0.05, 0.1) is 18.2 Å². The summed E-state index contributed by atoms with van der Waals surface area (Å²) in [4.78, 5) is 15.1. The third-order valence-corrected chi connectivity index (χ3v) is 3.05. The van der Waals surface area contributed by atoms with E-state index in [1.54, 1.807) is 6.92 Å². The fourth-order valence-electron chi connectivity index (χ4n) is 2.01.